The second-order valence-corrected chi connectivity index (χ2v) is 5.76. The van der Waals surface area contributed by atoms with Crippen LogP contribution >= 0.6 is 0 Å². The average molecular weight is 277 g/mol. The maximum Gasteiger partial charge on any atom is 0.282 e. The van der Waals surface area contributed by atoms with E-state index in [1.807, 2.05) is 19.1 Å². The van der Waals surface area contributed by atoms with Crippen LogP contribution in [0.3, 0.4) is 0 Å². The molecule has 110 valence electrons. The van der Waals surface area contributed by atoms with Crippen LogP contribution in [0.2, 0.25) is 0 Å². The highest BCUT2D eigenvalue weighted by molar-refractivity contribution is 5.93. The van der Waals surface area contributed by atoms with E-state index in [4.69, 9.17) is 4.74 Å². The minimum absolute atomic E-state index is 0.0383. The van der Waals surface area contributed by atoms with Gasteiger partial charge in [0.05, 0.1) is 13.2 Å². The van der Waals surface area contributed by atoms with Crippen LogP contribution in [0.15, 0.2) is 24.3 Å². The molecule has 1 amide bonds. The molecule has 0 bridgehead atoms. The number of hydrogen-bond donors (Lipinski definition) is 2. The number of carbonyl (C=O) groups excluding carboxylic acids is 1. The fourth-order valence-electron chi connectivity index (χ4n) is 2.45. The number of nitrogens with one attached hydrogen (secondary N) is 2. The van der Waals surface area contributed by atoms with Crippen LogP contribution in [0.5, 0.6) is 0 Å². The number of anilines is 1. The fourth-order valence-corrected chi connectivity index (χ4v) is 2.45. The first-order valence-electron chi connectivity index (χ1n) is 7.41. The highest BCUT2D eigenvalue weighted by Crippen LogP contribution is 2.17. The summed E-state index contributed by atoms with van der Waals surface area (Å²) in [5.74, 6) is 0.593. The van der Waals surface area contributed by atoms with Gasteiger partial charge in [0, 0.05) is 5.69 Å². The lowest BCUT2D eigenvalue weighted by atomic mass is 10.0. The summed E-state index contributed by atoms with van der Waals surface area (Å²) in [5, 5.41) is 3.00. The largest absolute Gasteiger partial charge is 0.370 e. The molecule has 1 aliphatic rings. The van der Waals surface area contributed by atoms with Crippen molar-refractivity contribution in [3.05, 3.63) is 29.8 Å². The lowest BCUT2D eigenvalue weighted by Gasteiger charge is -2.28. The molecule has 4 heteroatoms. The van der Waals surface area contributed by atoms with Gasteiger partial charge in [-0.2, -0.15) is 0 Å². The summed E-state index contributed by atoms with van der Waals surface area (Å²) >= 11 is 0. The van der Waals surface area contributed by atoms with Crippen LogP contribution in [-0.2, 0) is 9.53 Å². The number of benzene rings is 1. The van der Waals surface area contributed by atoms with Crippen LogP contribution in [-0.4, -0.2) is 38.3 Å². The van der Waals surface area contributed by atoms with Gasteiger partial charge in [-0.1, -0.05) is 26.0 Å². The van der Waals surface area contributed by atoms with Gasteiger partial charge in [0.2, 0.25) is 0 Å². The summed E-state index contributed by atoms with van der Waals surface area (Å²) in [7, 11) is 0. The molecular weight excluding hydrogens is 252 g/mol. The molecule has 20 heavy (non-hydrogen) atoms. The molecule has 1 aromatic rings. The Kier molecular flexibility index (Phi) is 5.15. The Morgan fingerprint density at radius 1 is 1.15 bits per heavy atom. The van der Waals surface area contributed by atoms with E-state index in [1.54, 1.807) is 0 Å². The van der Waals surface area contributed by atoms with Crippen molar-refractivity contribution in [3.63, 3.8) is 0 Å². The first-order chi connectivity index (χ1) is 9.58. The smallest absolute Gasteiger partial charge is 0.282 e. The third-order valence-corrected chi connectivity index (χ3v) is 3.99. The van der Waals surface area contributed by atoms with Gasteiger partial charge in [-0.05, 0) is 30.5 Å². The highest BCUT2D eigenvalue weighted by Gasteiger charge is 2.26. The Morgan fingerprint density at radius 3 is 2.30 bits per heavy atom. The third-order valence-electron chi connectivity index (χ3n) is 3.99. The van der Waals surface area contributed by atoms with E-state index >= 15 is 0 Å². The molecule has 1 aromatic carbocycles. The van der Waals surface area contributed by atoms with E-state index in [9.17, 15) is 4.79 Å². The van der Waals surface area contributed by atoms with E-state index in [0.29, 0.717) is 5.92 Å². The second kappa shape index (κ2) is 6.86. The molecule has 1 fully saturated rings. The van der Waals surface area contributed by atoms with Crippen molar-refractivity contribution in [1.82, 2.24) is 0 Å². The topological polar surface area (TPSA) is 42.8 Å². The molecule has 0 unspecified atom stereocenters. The number of hydrogen-bond acceptors (Lipinski definition) is 2. The summed E-state index contributed by atoms with van der Waals surface area (Å²) in [6, 6.07) is 8.08. The predicted molar refractivity (Wildman–Crippen MR) is 80.1 cm³/mol. The van der Waals surface area contributed by atoms with Crippen molar-refractivity contribution >= 4 is 11.6 Å². The van der Waals surface area contributed by atoms with Crippen LogP contribution < -0.4 is 10.2 Å². The number of ether oxygens (including phenoxy) is 1. The van der Waals surface area contributed by atoms with Crippen LogP contribution in [0.4, 0.5) is 5.69 Å². The van der Waals surface area contributed by atoms with E-state index < -0.39 is 0 Å². The first-order valence-corrected chi connectivity index (χ1v) is 7.41. The zero-order valence-electron chi connectivity index (χ0n) is 12.6. The molecule has 1 atom stereocenters. The van der Waals surface area contributed by atoms with E-state index in [-0.39, 0.29) is 11.9 Å². The zero-order chi connectivity index (χ0) is 14.5. The normalized spacial score (nSPS) is 18.0. The Hall–Kier alpha value is -1.39. The molecule has 0 saturated carbocycles. The second-order valence-electron chi connectivity index (χ2n) is 5.76. The van der Waals surface area contributed by atoms with Gasteiger partial charge >= 0.3 is 0 Å². The van der Waals surface area contributed by atoms with Gasteiger partial charge in [0.25, 0.3) is 5.91 Å². The average Bonchev–Trinajstić information content (AvgIpc) is 2.48. The van der Waals surface area contributed by atoms with Crippen LogP contribution in [0, 0.1) is 0 Å². The molecule has 0 aliphatic carbocycles. The van der Waals surface area contributed by atoms with Crippen LogP contribution in [0.25, 0.3) is 0 Å². The van der Waals surface area contributed by atoms with Gasteiger partial charge in [-0.25, -0.2) is 0 Å². The number of morpholine rings is 1. The minimum atomic E-state index is -0.0383. The van der Waals surface area contributed by atoms with Gasteiger partial charge < -0.3 is 15.0 Å². The standard InChI is InChI=1S/C16H24N2O2/c1-12(2)14-4-6-15(7-5-14)17-16(19)13(3)18-8-10-20-11-9-18/h4-7,12-13H,8-11H2,1-3H3,(H,17,19)/p+1/t13-/m1/s1. The van der Waals surface area contributed by atoms with Crippen molar-refractivity contribution < 1.29 is 14.4 Å². The Morgan fingerprint density at radius 2 is 1.75 bits per heavy atom. The molecule has 0 aromatic heterocycles. The van der Waals surface area contributed by atoms with Crippen molar-refractivity contribution in [2.75, 3.05) is 31.6 Å². The number of rotatable bonds is 4. The van der Waals surface area contributed by atoms with Gasteiger partial charge in [0.1, 0.15) is 13.1 Å². The van der Waals surface area contributed by atoms with Crippen molar-refractivity contribution in [3.8, 4) is 0 Å². The minimum Gasteiger partial charge on any atom is -0.370 e. The highest BCUT2D eigenvalue weighted by atomic mass is 16.5. The lowest BCUT2D eigenvalue weighted by Crippen LogP contribution is -3.18. The lowest BCUT2D eigenvalue weighted by molar-refractivity contribution is -0.921. The van der Waals surface area contributed by atoms with Gasteiger partial charge in [0.15, 0.2) is 6.04 Å². The van der Waals surface area contributed by atoms with E-state index in [2.05, 4.69) is 31.3 Å². The van der Waals surface area contributed by atoms with Crippen LogP contribution in [0.1, 0.15) is 32.3 Å². The van der Waals surface area contributed by atoms with Crippen molar-refractivity contribution in [2.45, 2.75) is 32.7 Å². The number of carbonyl (C=O) groups is 1. The SMILES string of the molecule is CC(C)c1ccc(NC(=O)[C@@H](C)[NH+]2CCOCC2)cc1. The van der Waals surface area contributed by atoms with Gasteiger partial charge in [-0.15, -0.1) is 0 Å². The fraction of sp³-hybridized carbons (Fsp3) is 0.562. The molecule has 2 rings (SSSR count). The summed E-state index contributed by atoms with van der Waals surface area (Å²) in [6.07, 6.45) is 0. The van der Waals surface area contributed by atoms with Gasteiger partial charge in [-0.3, -0.25) is 4.79 Å². The van der Waals surface area contributed by atoms with E-state index in [0.717, 1.165) is 32.0 Å². The molecule has 1 heterocycles. The van der Waals surface area contributed by atoms with E-state index in [1.165, 1.54) is 10.5 Å². The summed E-state index contributed by atoms with van der Waals surface area (Å²) < 4.78 is 5.33. The quantitative estimate of drug-likeness (QED) is 0.864. The summed E-state index contributed by atoms with van der Waals surface area (Å²) in [5.41, 5.74) is 2.16. The molecule has 0 spiro atoms. The maximum absolute atomic E-state index is 12.3. The molecule has 2 N–H and O–H groups in total. The zero-order valence-corrected chi connectivity index (χ0v) is 12.6. The third kappa shape index (κ3) is 3.81. The maximum atomic E-state index is 12.3. The molecule has 0 radical (unpaired) electrons. The number of quaternary nitrogens is 1. The van der Waals surface area contributed by atoms with Crippen molar-refractivity contribution in [1.29, 1.82) is 0 Å². The molecule has 4 nitrogen and oxygen atoms in total. The Labute approximate surface area is 121 Å². The molecule has 1 saturated heterocycles. The monoisotopic (exact) mass is 277 g/mol. The Balaban J connectivity index is 1.92. The van der Waals surface area contributed by atoms with Crippen molar-refractivity contribution in [2.24, 2.45) is 0 Å². The first kappa shape index (κ1) is 15.0. The summed E-state index contributed by atoms with van der Waals surface area (Å²) in [4.78, 5) is 13.6. The molecular formula is C16H25N2O2+. The Bertz CT molecular complexity index is 436. The molecule has 1 aliphatic heterocycles. The summed E-state index contributed by atoms with van der Waals surface area (Å²) in [6.45, 7) is 9.61. The number of amides is 1. The predicted octanol–water partition coefficient (Wildman–Crippen LogP) is 1.05.